The molecule has 8 heteroatoms. The number of hydrogen-bond donors (Lipinski definition) is 0. The molecule has 0 amide bonds. The van der Waals surface area contributed by atoms with Crippen LogP contribution in [-0.2, 0) is 26.6 Å². The normalized spacial score (nSPS) is 14.7. The number of nitrogens with zero attached hydrogens (tertiary/aromatic N) is 4. The standard InChI is InChI=1S/C32H22N3S.C18H23FGeN.Ir/c1-21-14-16-23(17-15-21)26-18-33-19-27-24-10-7-11-25(30(24)36-31(26)27)32-34-28-12-5-6-13-29(28)35(32)20-22-8-3-2-4-9-22;1-12(2)15-10-17(21-11-16(15)20(4,5)6)14-9-7-8-13(3)18(14)19;/h2-10,12-19H,20H2,1H3;7-8,10-12H,1-6H3;/q2*-1;/i1D3,20D2;3D3,12D;. The number of fused-ring (bicyclic) bond motifs is 4. The van der Waals surface area contributed by atoms with E-state index < -0.39 is 45.2 Å². The van der Waals surface area contributed by atoms with Crippen LogP contribution in [0.1, 0.15) is 54.3 Å². The summed E-state index contributed by atoms with van der Waals surface area (Å²) in [5, 5.41) is 1.94. The average molecular weight is 1030 g/mol. The second kappa shape index (κ2) is 17.2. The van der Waals surface area contributed by atoms with Gasteiger partial charge in [-0.25, -0.2) is 0 Å². The molecule has 293 valence electrons. The zero-order valence-corrected chi connectivity index (χ0v) is 37.8. The van der Waals surface area contributed by atoms with Crippen LogP contribution in [0.5, 0.6) is 0 Å². The number of pyridine rings is 2. The first-order valence-electron chi connectivity index (χ1n) is 23.0. The Hall–Kier alpha value is -4.79. The topological polar surface area (TPSA) is 43.6 Å². The van der Waals surface area contributed by atoms with Gasteiger partial charge in [0.1, 0.15) is 0 Å². The number of thiophene rings is 1. The summed E-state index contributed by atoms with van der Waals surface area (Å²) < 4.78 is 91.9. The van der Waals surface area contributed by atoms with E-state index in [2.05, 4.69) is 39.4 Å². The maximum absolute atomic E-state index is 14.8. The van der Waals surface area contributed by atoms with Crippen LogP contribution in [0.15, 0.2) is 128 Å². The van der Waals surface area contributed by atoms with E-state index in [0.717, 1.165) is 41.3 Å². The van der Waals surface area contributed by atoms with Crippen molar-refractivity contribution in [1.82, 2.24) is 19.5 Å². The molecule has 4 nitrogen and oxygen atoms in total. The van der Waals surface area contributed by atoms with E-state index >= 15 is 0 Å². The van der Waals surface area contributed by atoms with E-state index in [1.54, 1.807) is 72.5 Å². The summed E-state index contributed by atoms with van der Waals surface area (Å²) in [5.41, 5.74) is 5.53. The molecule has 0 saturated carbocycles. The number of rotatable bonds is 7. The Bertz CT molecular complexity index is 3250. The van der Waals surface area contributed by atoms with Crippen molar-refractivity contribution in [2.24, 2.45) is 0 Å². The molecule has 5 aromatic carbocycles. The number of halogens is 1. The summed E-state index contributed by atoms with van der Waals surface area (Å²) >= 11 is -0.694. The van der Waals surface area contributed by atoms with Crippen LogP contribution in [-0.4, -0.2) is 32.8 Å². The molecule has 0 aliphatic heterocycles. The Balaban J connectivity index is 0.000000221. The molecule has 0 atom stereocenters. The minimum atomic E-state index is -2.54. The Morgan fingerprint density at radius 1 is 0.845 bits per heavy atom. The first-order chi connectivity index (χ1) is 31.0. The van der Waals surface area contributed by atoms with Crippen molar-refractivity contribution in [1.29, 1.82) is 0 Å². The molecule has 0 aliphatic carbocycles. The third-order valence-electron chi connectivity index (χ3n) is 9.78. The molecule has 0 N–H and O–H groups in total. The zero-order valence-electron chi connectivity index (χ0n) is 41.5. The predicted octanol–water partition coefficient (Wildman–Crippen LogP) is 13.0. The van der Waals surface area contributed by atoms with E-state index in [1.807, 2.05) is 72.9 Å². The van der Waals surface area contributed by atoms with E-state index in [4.69, 9.17) is 14.6 Å². The molecule has 0 fully saturated rings. The fourth-order valence-corrected chi connectivity index (χ4v) is 11.5. The summed E-state index contributed by atoms with van der Waals surface area (Å²) in [5.74, 6) is 5.46. The van der Waals surface area contributed by atoms with Gasteiger partial charge in [-0.1, -0.05) is 83.2 Å². The summed E-state index contributed by atoms with van der Waals surface area (Å²) in [6.45, 7) is -2.99. The molecule has 0 unspecified atom stereocenters. The molecule has 4 heterocycles. The molecule has 58 heavy (non-hydrogen) atoms. The molecule has 9 rings (SSSR count). The van der Waals surface area contributed by atoms with Gasteiger partial charge in [-0.3, -0.25) is 9.97 Å². The van der Waals surface area contributed by atoms with Gasteiger partial charge in [0.2, 0.25) is 0 Å². The molecule has 1 radical (unpaired) electrons. The monoisotopic (exact) mass is 1030 g/mol. The summed E-state index contributed by atoms with van der Waals surface area (Å²) in [6, 6.07) is 38.0. The first kappa shape index (κ1) is 31.2. The van der Waals surface area contributed by atoms with Crippen molar-refractivity contribution in [3.05, 3.63) is 168 Å². The van der Waals surface area contributed by atoms with Crippen LogP contribution < -0.4 is 4.40 Å². The van der Waals surface area contributed by atoms with E-state index in [1.165, 1.54) is 12.1 Å². The largest absolute Gasteiger partial charge is 0.360 e. The van der Waals surface area contributed by atoms with Gasteiger partial charge in [0.25, 0.3) is 0 Å². The van der Waals surface area contributed by atoms with Gasteiger partial charge in [-0.15, -0.1) is 18.2 Å². The minimum absolute atomic E-state index is 0. The third kappa shape index (κ3) is 8.24. The predicted molar refractivity (Wildman–Crippen MR) is 241 cm³/mol. The van der Waals surface area contributed by atoms with Crippen molar-refractivity contribution in [2.75, 3.05) is 0 Å². The SMILES string of the molecule is [2H]C([2H])([2H])c1cc[c-]c(-c2cc(C([2H])(C)C)[c]([Ge]([CH3])([CH3])[CH3])cn2)c1F.[2H]C([2H])([2H])c1ccc(-c2cncc3c2sc2c(-c4nc5ccccc5n4C([2H])([2H])c4ccccc4)[c-]ccc23)cc1.[Ir]. The quantitative estimate of drug-likeness (QED) is 0.118. The van der Waals surface area contributed by atoms with Crippen LogP contribution in [0.3, 0.4) is 0 Å². The maximum Gasteiger partial charge on any atom is 0.0770 e. The van der Waals surface area contributed by atoms with Crippen LogP contribution >= 0.6 is 11.3 Å². The molecule has 0 aliphatic rings. The van der Waals surface area contributed by atoms with Crippen molar-refractivity contribution >= 4 is 60.2 Å². The van der Waals surface area contributed by atoms with Gasteiger partial charge >= 0.3 is 135 Å². The van der Waals surface area contributed by atoms with E-state index in [-0.39, 0.29) is 31.2 Å². The number of benzene rings is 5. The van der Waals surface area contributed by atoms with Crippen LogP contribution in [0, 0.1) is 31.7 Å². The van der Waals surface area contributed by atoms with Crippen molar-refractivity contribution in [3.63, 3.8) is 0 Å². The number of para-hydroxylation sites is 2. The van der Waals surface area contributed by atoms with Gasteiger partial charge in [-0.2, -0.15) is 11.3 Å². The molecular formula is C50H45FGeIrN4S-2. The summed E-state index contributed by atoms with van der Waals surface area (Å²) in [6.07, 6.45) is 5.37. The summed E-state index contributed by atoms with van der Waals surface area (Å²) in [4.78, 5) is 13.8. The number of hydrogen-bond acceptors (Lipinski definition) is 4. The van der Waals surface area contributed by atoms with Crippen LogP contribution in [0.25, 0.3) is 65.0 Å². The maximum atomic E-state index is 14.8. The van der Waals surface area contributed by atoms with Crippen molar-refractivity contribution in [3.8, 4) is 33.8 Å². The first-order valence-corrected chi connectivity index (χ1v) is 26.7. The molecule has 4 aromatic heterocycles. The number of aromatic nitrogens is 4. The smallest absolute Gasteiger partial charge is 0.0770 e. The number of imidazole rings is 1. The molecule has 9 aromatic rings. The van der Waals surface area contributed by atoms with Gasteiger partial charge < -0.3 is 4.57 Å². The van der Waals surface area contributed by atoms with Crippen LogP contribution in [0.4, 0.5) is 4.39 Å². The van der Waals surface area contributed by atoms with Gasteiger partial charge in [-0.05, 0) is 34.8 Å². The molecule has 0 spiro atoms. The fourth-order valence-electron chi connectivity index (χ4n) is 6.89. The number of aryl methyl sites for hydroxylation is 2. The molecule has 0 saturated heterocycles. The Labute approximate surface area is 373 Å². The van der Waals surface area contributed by atoms with Crippen molar-refractivity contribution in [2.45, 2.75) is 57.2 Å². The van der Waals surface area contributed by atoms with Gasteiger partial charge in [0.15, 0.2) is 0 Å². The molecule has 0 bridgehead atoms. The zero-order chi connectivity index (χ0) is 47.6. The Morgan fingerprint density at radius 2 is 1.59 bits per heavy atom. The van der Waals surface area contributed by atoms with Crippen LogP contribution in [0.2, 0.25) is 17.3 Å². The second-order valence-corrected chi connectivity index (χ2v) is 26.6. The van der Waals surface area contributed by atoms with E-state index in [0.29, 0.717) is 39.2 Å². The average Bonchev–Trinajstić information content (AvgIpc) is 3.85. The Kier molecular flexibility index (Phi) is 9.25. The fraction of sp³-hybridized carbons (Fsp3) is 0.180. The third-order valence-corrected chi connectivity index (χ3v) is 15.3. The second-order valence-electron chi connectivity index (χ2n) is 15.0. The van der Waals surface area contributed by atoms with Gasteiger partial charge in [0, 0.05) is 58.8 Å². The van der Waals surface area contributed by atoms with E-state index in [9.17, 15) is 7.13 Å². The van der Waals surface area contributed by atoms with Gasteiger partial charge in [0.05, 0.1) is 19.6 Å². The molecular weight excluding hydrogens is 972 g/mol. The summed E-state index contributed by atoms with van der Waals surface area (Å²) in [7, 11) is 0. The van der Waals surface area contributed by atoms with Crippen molar-refractivity contribution < 1.29 is 36.8 Å². The Morgan fingerprint density at radius 3 is 2.33 bits per heavy atom. The minimum Gasteiger partial charge on any atom is -0.360 e.